The van der Waals surface area contributed by atoms with Gasteiger partial charge >= 0.3 is 0 Å². The molecule has 0 spiro atoms. The minimum atomic E-state index is -0.650. The fourth-order valence-electron chi connectivity index (χ4n) is 2.60. The van der Waals surface area contributed by atoms with Crippen molar-refractivity contribution in [1.29, 1.82) is 0 Å². The number of aliphatic hydroxyl groups is 2. The van der Waals surface area contributed by atoms with E-state index in [2.05, 4.69) is 12.2 Å². The van der Waals surface area contributed by atoms with E-state index in [9.17, 15) is 10.2 Å². The first-order valence-corrected chi connectivity index (χ1v) is 6.72. The van der Waals surface area contributed by atoms with Crippen LogP contribution in [0, 0.1) is 5.92 Å². The number of rotatable bonds is 5. The molecule has 1 unspecified atom stereocenters. The van der Waals surface area contributed by atoms with Gasteiger partial charge in [0, 0.05) is 12.1 Å². The second-order valence-electron chi connectivity index (χ2n) is 5.53. The molecule has 1 aliphatic rings. The van der Waals surface area contributed by atoms with E-state index in [4.69, 9.17) is 4.42 Å². The van der Waals surface area contributed by atoms with Gasteiger partial charge in [0.2, 0.25) is 0 Å². The molecule has 0 aromatic carbocycles. The molecule has 102 valence electrons. The van der Waals surface area contributed by atoms with Gasteiger partial charge in [-0.3, -0.25) is 0 Å². The Balaban J connectivity index is 1.87. The van der Waals surface area contributed by atoms with Crippen LogP contribution in [0.4, 0.5) is 0 Å². The number of hydrogen-bond acceptors (Lipinski definition) is 4. The Morgan fingerprint density at radius 1 is 1.50 bits per heavy atom. The minimum Gasteiger partial charge on any atom is -0.467 e. The zero-order valence-electron chi connectivity index (χ0n) is 10.9. The highest BCUT2D eigenvalue weighted by Crippen LogP contribution is 2.31. The van der Waals surface area contributed by atoms with Crippen molar-refractivity contribution in [2.75, 3.05) is 13.2 Å². The van der Waals surface area contributed by atoms with Gasteiger partial charge in [0.05, 0.1) is 12.9 Å². The molecular weight excluding hydrogens is 230 g/mol. The van der Waals surface area contributed by atoms with E-state index >= 15 is 0 Å². The number of hydrogen-bond donors (Lipinski definition) is 3. The second kappa shape index (κ2) is 5.87. The Morgan fingerprint density at radius 3 is 2.78 bits per heavy atom. The van der Waals surface area contributed by atoms with Crippen LogP contribution in [-0.2, 0) is 0 Å². The summed E-state index contributed by atoms with van der Waals surface area (Å²) in [6, 6.07) is 3.53. The molecule has 18 heavy (non-hydrogen) atoms. The summed E-state index contributed by atoms with van der Waals surface area (Å²) in [5, 5.41) is 22.9. The Morgan fingerprint density at radius 2 is 2.22 bits per heavy atom. The van der Waals surface area contributed by atoms with Crippen molar-refractivity contribution in [2.45, 2.75) is 44.2 Å². The summed E-state index contributed by atoms with van der Waals surface area (Å²) in [7, 11) is 0. The van der Waals surface area contributed by atoms with Crippen LogP contribution in [0.5, 0.6) is 0 Å². The summed E-state index contributed by atoms with van der Waals surface area (Å²) < 4.78 is 5.17. The zero-order valence-corrected chi connectivity index (χ0v) is 10.9. The highest BCUT2D eigenvalue weighted by molar-refractivity contribution is 5.03. The number of furan rings is 1. The van der Waals surface area contributed by atoms with E-state index in [1.54, 1.807) is 18.4 Å². The highest BCUT2D eigenvalue weighted by atomic mass is 16.4. The van der Waals surface area contributed by atoms with Gasteiger partial charge in [0.1, 0.15) is 11.9 Å². The van der Waals surface area contributed by atoms with Gasteiger partial charge in [0.25, 0.3) is 0 Å². The van der Waals surface area contributed by atoms with Crippen molar-refractivity contribution >= 4 is 0 Å². The van der Waals surface area contributed by atoms with Crippen LogP contribution in [0.15, 0.2) is 22.8 Å². The normalized spacial score (nSPS) is 30.3. The lowest BCUT2D eigenvalue weighted by Gasteiger charge is -2.39. The summed E-state index contributed by atoms with van der Waals surface area (Å²) >= 11 is 0. The molecule has 1 heterocycles. The van der Waals surface area contributed by atoms with Crippen molar-refractivity contribution in [3.05, 3.63) is 24.2 Å². The zero-order chi connectivity index (χ0) is 13.0. The smallest absolute Gasteiger partial charge is 0.133 e. The van der Waals surface area contributed by atoms with Crippen LogP contribution in [0.1, 0.15) is 44.5 Å². The first-order valence-electron chi connectivity index (χ1n) is 6.72. The molecule has 0 saturated heterocycles. The lowest BCUT2D eigenvalue weighted by atomic mass is 9.77. The van der Waals surface area contributed by atoms with E-state index in [0.29, 0.717) is 12.3 Å². The summed E-state index contributed by atoms with van der Waals surface area (Å²) in [5.41, 5.74) is -0.222. The SMILES string of the molecule is CC1CCC(CO)(NCC(O)c2ccco2)CC1. The number of β-amino-alcohol motifs (C(OH)–C–C–N with tert-alkyl or cyclic N) is 1. The van der Waals surface area contributed by atoms with Crippen LogP contribution in [0.25, 0.3) is 0 Å². The number of aliphatic hydroxyl groups excluding tert-OH is 2. The predicted octanol–water partition coefficient (Wildman–Crippen LogP) is 1.84. The van der Waals surface area contributed by atoms with Crippen LogP contribution >= 0.6 is 0 Å². The quantitative estimate of drug-likeness (QED) is 0.749. The molecule has 4 heteroatoms. The van der Waals surface area contributed by atoms with E-state index in [-0.39, 0.29) is 12.1 Å². The minimum absolute atomic E-state index is 0.130. The second-order valence-corrected chi connectivity index (χ2v) is 5.53. The highest BCUT2D eigenvalue weighted by Gasteiger charge is 2.33. The van der Waals surface area contributed by atoms with Crippen molar-refractivity contribution in [3.63, 3.8) is 0 Å². The molecule has 0 aliphatic heterocycles. The molecule has 1 aliphatic carbocycles. The maximum atomic E-state index is 9.96. The van der Waals surface area contributed by atoms with Crippen LogP contribution < -0.4 is 5.32 Å². The number of nitrogens with one attached hydrogen (secondary N) is 1. The average molecular weight is 253 g/mol. The van der Waals surface area contributed by atoms with E-state index < -0.39 is 6.10 Å². The molecule has 1 aromatic rings. The molecule has 1 aromatic heterocycles. The van der Waals surface area contributed by atoms with Gasteiger partial charge in [-0.15, -0.1) is 0 Å². The molecule has 1 saturated carbocycles. The maximum absolute atomic E-state index is 9.96. The lowest BCUT2D eigenvalue weighted by Crippen LogP contribution is -2.52. The van der Waals surface area contributed by atoms with Gasteiger partial charge in [0.15, 0.2) is 0 Å². The molecule has 0 amide bonds. The Kier molecular flexibility index (Phi) is 4.43. The standard InChI is InChI=1S/C14H23NO3/c1-11-4-6-14(10-16,7-5-11)15-9-12(17)13-3-2-8-18-13/h2-3,8,11-12,15-17H,4-7,9-10H2,1H3. The summed E-state index contributed by atoms with van der Waals surface area (Å²) in [6.07, 6.45) is 5.10. The van der Waals surface area contributed by atoms with Crippen LogP contribution in [0.3, 0.4) is 0 Å². The van der Waals surface area contributed by atoms with Gasteiger partial charge in [-0.25, -0.2) is 0 Å². The fourth-order valence-corrected chi connectivity index (χ4v) is 2.60. The third-order valence-electron chi connectivity index (χ3n) is 4.08. The topological polar surface area (TPSA) is 65.6 Å². The van der Waals surface area contributed by atoms with Crippen molar-refractivity contribution in [2.24, 2.45) is 5.92 Å². The third kappa shape index (κ3) is 3.13. The first-order chi connectivity index (χ1) is 8.65. The monoisotopic (exact) mass is 253 g/mol. The molecule has 1 atom stereocenters. The molecule has 0 bridgehead atoms. The first kappa shape index (κ1) is 13.6. The lowest BCUT2D eigenvalue weighted by molar-refractivity contribution is 0.0773. The molecule has 1 fully saturated rings. The van der Waals surface area contributed by atoms with E-state index in [0.717, 1.165) is 31.6 Å². The molecule has 2 rings (SSSR count). The largest absolute Gasteiger partial charge is 0.467 e. The molecule has 4 nitrogen and oxygen atoms in total. The predicted molar refractivity (Wildman–Crippen MR) is 69.1 cm³/mol. The molecule has 3 N–H and O–H groups in total. The summed E-state index contributed by atoms with van der Waals surface area (Å²) in [6.45, 7) is 2.80. The van der Waals surface area contributed by atoms with E-state index in [1.807, 2.05) is 0 Å². The fraction of sp³-hybridized carbons (Fsp3) is 0.714. The van der Waals surface area contributed by atoms with E-state index in [1.165, 1.54) is 0 Å². The van der Waals surface area contributed by atoms with Gasteiger partial charge in [-0.05, 0) is 43.7 Å². The van der Waals surface area contributed by atoms with Gasteiger partial charge in [-0.1, -0.05) is 6.92 Å². The Hall–Kier alpha value is -0.840. The maximum Gasteiger partial charge on any atom is 0.133 e. The van der Waals surface area contributed by atoms with Gasteiger partial charge < -0.3 is 19.9 Å². The van der Waals surface area contributed by atoms with Crippen LogP contribution in [0.2, 0.25) is 0 Å². The van der Waals surface area contributed by atoms with Crippen molar-refractivity contribution in [1.82, 2.24) is 5.32 Å². The summed E-state index contributed by atoms with van der Waals surface area (Å²) in [5.74, 6) is 1.31. The Labute approximate surface area is 108 Å². The summed E-state index contributed by atoms with van der Waals surface area (Å²) in [4.78, 5) is 0. The Bertz CT molecular complexity index is 342. The van der Waals surface area contributed by atoms with Crippen molar-refractivity contribution in [3.8, 4) is 0 Å². The molecule has 0 radical (unpaired) electrons. The van der Waals surface area contributed by atoms with Crippen LogP contribution in [-0.4, -0.2) is 28.9 Å². The average Bonchev–Trinajstić information content (AvgIpc) is 2.92. The van der Waals surface area contributed by atoms with Crippen molar-refractivity contribution < 1.29 is 14.6 Å². The third-order valence-corrected chi connectivity index (χ3v) is 4.08. The molecular formula is C14H23NO3. The van der Waals surface area contributed by atoms with Gasteiger partial charge in [-0.2, -0.15) is 0 Å².